The molecule has 0 spiro atoms. The molecule has 6 heteroatoms. The van der Waals surface area contributed by atoms with Gasteiger partial charge in [-0.05, 0) is 12.5 Å². The van der Waals surface area contributed by atoms with Gasteiger partial charge in [-0.2, -0.15) is 0 Å². The van der Waals surface area contributed by atoms with Crippen LogP contribution in [0.1, 0.15) is 18.0 Å². The van der Waals surface area contributed by atoms with Gasteiger partial charge in [0.2, 0.25) is 0 Å². The van der Waals surface area contributed by atoms with Crippen LogP contribution >= 0.6 is 24.0 Å². The minimum atomic E-state index is -0.402. The summed E-state index contributed by atoms with van der Waals surface area (Å²) in [6.45, 7) is 3.10. The Balaban J connectivity index is 0.00000180. The number of aromatic hydroxyl groups is 1. The topological polar surface area (TPSA) is 35.5 Å². The monoisotopic (exact) mass is 308 g/mol. The predicted molar refractivity (Wildman–Crippen MR) is 78.1 cm³/mol. The van der Waals surface area contributed by atoms with Crippen molar-refractivity contribution in [2.45, 2.75) is 12.5 Å². The molecule has 0 unspecified atom stereocenters. The van der Waals surface area contributed by atoms with E-state index in [1.165, 1.54) is 0 Å². The normalized spacial score (nSPS) is 17.8. The standard InChI is InChI=1S/C13H18ClFN2O.ClH/c14-11-3-1-2-10(13(11)18)12(4-5-15)17-8-6-16-7-9-17;/h1-3,12,16,18H,4-9H2;1H/t12-;/m1./s1. The van der Waals surface area contributed by atoms with Gasteiger partial charge in [0.25, 0.3) is 0 Å². The summed E-state index contributed by atoms with van der Waals surface area (Å²) in [4.78, 5) is 2.20. The Morgan fingerprint density at radius 3 is 2.68 bits per heavy atom. The first-order valence-corrected chi connectivity index (χ1v) is 6.60. The van der Waals surface area contributed by atoms with Gasteiger partial charge in [0.1, 0.15) is 5.75 Å². The molecule has 0 aromatic heterocycles. The maximum absolute atomic E-state index is 12.8. The van der Waals surface area contributed by atoms with Crippen LogP contribution in [-0.2, 0) is 0 Å². The van der Waals surface area contributed by atoms with E-state index in [0.717, 1.165) is 31.7 Å². The number of nitrogens with one attached hydrogen (secondary N) is 1. The molecule has 1 aliphatic rings. The number of alkyl halides is 1. The summed E-state index contributed by atoms with van der Waals surface area (Å²) in [5.74, 6) is 0.0798. The third-order valence-corrected chi connectivity index (χ3v) is 3.66. The highest BCUT2D eigenvalue weighted by molar-refractivity contribution is 6.32. The van der Waals surface area contributed by atoms with Crippen LogP contribution in [-0.4, -0.2) is 42.9 Å². The van der Waals surface area contributed by atoms with E-state index in [-0.39, 0.29) is 24.2 Å². The van der Waals surface area contributed by atoms with E-state index >= 15 is 0 Å². The molecular formula is C13H19Cl2FN2O. The number of hydrogen-bond acceptors (Lipinski definition) is 3. The Labute approximate surface area is 124 Å². The van der Waals surface area contributed by atoms with Crippen LogP contribution < -0.4 is 5.32 Å². The number of rotatable bonds is 4. The van der Waals surface area contributed by atoms with Crippen molar-refractivity contribution in [2.75, 3.05) is 32.9 Å². The molecule has 0 aliphatic carbocycles. The zero-order valence-electron chi connectivity index (χ0n) is 10.6. The molecule has 1 aliphatic heterocycles. The van der Waals surface area contributed by atoms with Gasteiger partial charge in [0.05, 0.1) is 11.7 Å². The van der Waals surface area contributed by atoms with Gasteiger partial charge < -0.3 is 10.4 Å². The van der Waals surface area contributed by atoms with Gasteiger partial charge in [-0.25, -0.2) is 0 Å². The predicted octanol–water partition coefficient (Wildman–Crippen LogP) is 2.77. The van der Waals surface area contributed by atoms with Crippen molar-refractivity contribution >= 4 is 24.0 Å². The van der Waals surface area contributed by atoms with Gasteiger partial charge in [0.15, 0.2) is 0 Å². The van der Waals surface area contributed by atoms with Crippen molar-refractivity contribution in [3.8, 4) is 5.75 Å². The maximum atomic E-state index is 12.8. The summed E-state index contributed by atoms with van der Waals surface area (Å²) < 4.78 is 12.8. The van der Waals surface area contributed by atoms with Gasteiger partial charge in [-0.15, -0.1) is 12.4 Å². The smallest absolute Gasteiger partial charge is 0.138 e. The van der Waals surface area contributed by atoms with Gasteiger partial charge >= 0.3 is 0 Å². The molecule has 3 nitrogen and oxygen atoms in total. The Bertz CT molecular complexity index is 400. The highest BCUT2D eigenvalue weighted by Gasteiger charge is 2.24. The molecule has 1 atom stereocenters. The molecule has 2 N–H and O–H groups in total. The van der Waals surface area contributed by atoms with Crippen molar-refractivity contribution in [1.82, 2.24) is 10.2 Å². The first-order chi connectivity index (χ1) is 8.74. The van der Waals surface area contributed by atoms with Crippen molar-refractivity contribution < 1.29 is 9.50 Å². The second kappa shape index (κ2) is 7.90. The summed E-state index contributed by atoms with van der Waals surface area (Å²) in [6, 6.07) is 5.16. The van der Waals surface area contributed by atoms with Crippen LogP contribution in [0.25, 0.3) is 0 Å². The number of phenols is 1. The van der Waals surface area contributed by atoms with E-state index in [1.54, 1.807) is 12.1 Å². The van der Waals surface area contributed by atoms with E-state index in [4.69, 9.17) is 11.6 Å². The Morgan fingerprint density at radius 1 is 1.37 bits per heavy atom. The molecule has 1 aromatic carbocycles. The Morgan fingerprint density at radius 2 is 2.05 bits per heavy atom. The Kier molecular flexibility index (Phi) is 6.86. The van der Waals surface area contributed by atoms with Gasteiger partial charge in [-0.1, -0.05) is 23.7 Å². The van der Waals surface area contributed by atoms with E-state index in [9.17, 15) is 9.50 Å². The maximum Gasteiger partial charge on any atom is 0.138 e. The van der Waals surface area contributed by atoms with Crippen LogP contribution in [0, 0.1) is 0 Å². The summed E-state index contributed by atoms with van der Waals surface area (Å²) in [6.07, 6.45) is 0.383. The second-order valence-corrected chi connectivity index (χ2v) is 4.86. The lowest BCUT2D eigenvalue weighted by atomic mass is 10.0. The van der Waals surface area contributed by atoms with Crippen LogP contribution in [0.2, 0.25) is 5.02 Å². The quantitative estimate of drug-likeness (QED) is 0.898. The van der Waals surface area contributed by atoms with E-state index in [2.05, 4.69) is 10.2 Å². The van der Waals surface area contributed by atoms with Crippen LogP contribution in [0.3, 0.4) is 0 Å². The molecule has 1 fully saturated rings. The second-order valence-electron chi connectivity index (χ2n) is 4.46. The van der Waals surface area contributed by atoms with E-state index < -0.39 is 6.67 Å². The van der Waals surface area contributed by atoms with E-state index in [0.29, 0.717) is 11.4 Å². The van der Waals surface area contributed by atoms with Crippen molar-refractivity contribution in [3.05, 3.63) is 28.8 Å². The molecule has 0 bridgehead atoms. The first kappa shape index (κ1) is 16.5. The van der Waals surface area contributed by atoms with Gasteiger partial charge in [0, 0.05) is 37.8 Å². The lowest BCUT2D eigenvalue weighted by Crippen LogP contribution is -2.45. The minimum Gasteiger partial charge on any atom is -0.506 e. The number of nitrogens with zero attached hydrogens (tertiary/aromatic N) is 1. The SMILES string of the molecule is Cl.Oc1c(Cl)cccc1[C@@H](CCF)N1CCNCC1. The fourth-order valence-electron chi connectivity index (χ4n) is 2.43. The fourth-order valence-corrected chi connectivity index (χ4v) is 2.61. The number of benzene rings is 1. The summed E-state index contributed by atoms with van der Waals surface area (Å²) in [5.41, 5.74) is 0.724. The first-order valence-electron chi connectivity index (χ1n) is 6.22. The molecule has 1 saturated heterocycles. The molecule has 0 saturated carbocycles. The fraction of sp³-hybridized carbons (Fsp3) is 0.538. The molecule has 2 rings (SSSR count). The zero-order valence-corrected chi connectivity index (χ0v) is 12.2. The molecule has 0 amide bonds. The average molecular weight is 309 g/mol. The third kappa shape index (κ3) is 3.96. The van der Waals surface area contributed by atoms with Crippen molar-refractivity contribution in [2.24, 2.45) is 0 Å². The van der Waals surface area contributed by atoms with Crippen LogP contribution in [0.4, 0.5) is 4.39 Å². The molecule has 108 valence electrons. The number of halogens is 3. The molecule has 1 heterocycles. The van der Waals surface area contributed by atoms with Crippen LogP contribution in [0.15, 0.2) is 18.2 Å². The summed E-state index contributed by atoms with van der Waals surface area (Å²) in [5, 5.41) is 13.6. The molecular weight excluding hydrogens is 290 g/mol. The molecule has 0 radical (unpaired) electrons. The van der Waals surface area contributed by atoms with Crippen LogP contribution in [0.5, 0.6) is 5.75 Å². The van der Waals surface area contributed by atoms with E-state index in [1.807, 2.05) is 6.07 Å². The lowest BCUT2D eigenvalue weighted by Gasteiger charge is -2.35. The largest absolute Gasteiger partial charge is 0.506 e. The number of para-hydroxylation sites is 1. The average Bonchev–Trinajstić information content (AvgIpc) is 2.41. The molecule has 1 aromatic rings. The molecule has 19 heavy (non-hydrogen) atoms. The summed E-state index contributed by atoms with van der Waals surface area (Å²) >= 11 is 5.92. The zero-order chi connectivity index (χ0) is 13.0. The number of phenolic OH excluding ortho intramolecular Hbond substituents is 1. The highest BCUT2D eigenvalue weighted by Crippen LogP contribution is 2.36. The highest BCUT2D eigenvalue weighted by atomic mass is 35.5. The summed E-state index contributed by atoms with van der Waals surface area (Å²) in [7, 11) is 0. The number of piperazine rings is 1. The lowest BCUT2D eigenvalue weighted by molar-refractivity contribution is 0.155. The van der Waals surface area contributed by atoms with Gasteiger partial charge in [-0.3, -0.25) is 9.29 Å². The van der Waals surface area contributed by atoms with Crippen molar-refractivity contribution in [1.29, 1.82) is 0 Å². The van der Waals surface area contributed by atoms with Crippen molar-refractivity contribution in [3.63, 3.8) is 0 Å². The Hall–Kier alpha value is -0.550. The minimum absolute atomic E-state index is 0. The number of hydrogen-bond donors (Lipinski definition) is 2. The third-order valence-electron chi connectivity index (χ3n) is 3.35.